The molecule has 0 fully saturated rings. The van der Waals surface area contributed by atoms with Crippen molar-refractivity contribution in [1.82, 2.24) is 4.98 Å². The lowest BCUT2D eigenvalue weighted by atomic mass is 10.5. The Morgan fingerprint density at radius 3 is 2.50 bits per heavy atom. The van der Waals surface area contributed by atoms with Crippen molar-refractivity contribution in [3.63, 3.8) is 0 Å². The van der Waals surface area contributed by atoms with Crippen molar-refractivity contribution in [2.24, 2.45) is 5.14 Å². The molecule has 1 aromatic rings. The molecule has 0 saturated heterocycles. The van der Waals surface area contributed by atoms with Crippen LogP contribution in [0, 0.1) is 9.52 Å². The molecule has 12 heavy (non-hydrogen) atoms. The fourth-order valence-electron chi connectivity index (χ4n) is 0.559. The molecule has 0 aliphatic carbocycles. The van der Waals surface area contributed by atoms with Crippen molar-refractivity contribution in [3.05, 3.63) is 21.7 Å². The van der Waals surface area contributed by atoms with Crippen molar-refractivity contribution in [2.45, 2.75) is 5.03 Å². The van der Waals surface area contributed by atoms with E-state index < -0.39 is 21.0 Å². The van der Waals surface area contributed by atoms with Crippen LogP contribution in [0.5, 0.6) is 0 Å². The number of rotatable bonds is 1. The largest absolute Gasteiger partial charge is 0.255 e. The normalized spacial score (nSPS) is 11.6. The Hall–Kier alpha value is -0.280. The predicted octanol–water partition coefficient (Wildman–Crippen LogP) is 0.473. The zero-order valence-electron chi connectivity index (χ0n) is 5.66. The summed E-state index contributed by atoms with van der Waals surface area (Å²) in [7, 11) is -3.90. The van der Waals surface area contributed by atoms with Crippen molar-refractivity contribution in [1.29, 1.82) is 0 Å². The van der Waals surface area contributed by atoms with E-state index in [2.05, 4.69) is 4.98 Å². The lowest BCUT2D eigenvalue weighted by Gasteiger charge is -1.97. The molecule has 4 nitrogen and oxygen atoms in total. The minimum Gasteiger partial charge on any atom is -0.223 e. The average Bonchev–Trinajstić information content (AvgIpc) is 1.92. The van der Waals surface area contributed by atoms with Gasteiger partial charge in [-0.3, -0.25) is 0 Å². The number of aromatic nitrogens is 1. The number of nitrogens with zero attached hydrogens (tertiary/aromatic N) is 1. The fourth-order valence-corrected chi connectivity index (χ4v) is 1.32. The van der Waals surface area contributed by atoms with Gasteiger partial charge >= 0.3 is 0 Å². The maximum Gasteiger partial charge on any atom is 0.255 e. The molecular formula is C5H4FIN2O2S. The molecule has 0 aliphatic rings. The highest BCUT2D eigenvalue weighted by Gasteiger charge is 2.11. The van der Waals surface area contributed by atoms with Gasteiger partial charge in [-0.05, 0) is 34.7 Å². The zero-order valence-corrected chi connectivity index (χ0v) is 8.63. The Kier molecular flexibility index (Phi) is 2.64. The minimum atomic E-state index is -3.90. The highest BCUT2D eigenvalue weighted by Crippen LogP contribution is 2.10. The van der Waals surface area contributed by atoms with E-state index in [1.165, 1.54) is 6.07 Å². The molecule has 0 aromatic carbocycles. The highest BCUT2D eigenvalue weighted by atomic mass is 127. The first-order valence-electron chi connectivity index (χ1n) is 2.76. The van der Waals surface area contributed by atoms with Gasteiger partial charge in [0.15, 0.2) is 5.03 Å². The van der Waals surface area contributed by atoms with E-state index in [1.54, 1.807) is 22.6 Å². The minimum absolute atomic E-state index is 0.250. The standard InChI is InChI=1S/C5H4FIN2O2S/c6-5-3(7)1-2-4(9-5)12(8,10)11/h1-2H,(H2,8,10,11). The van der Waals surface area contributed by atoms with Gasteiger partial charge in [0.25, 0.3) is 10.0 Å². The highest BCUT2D eigenvalue weighted by molar-refractivity contribution is 14.1. The predicted molar refractivity (Wildman–Crippen MR) is 48.3 cm³/mol. The molecule has 0 amide bonds. The maximum atomic E-state index is 12.7. The van der Waals surface area contributed by atoms with Crippen LogP contribution in [0.3, 0.4) is 0 Å². The summed E-state index contributed by atoms with van der Waals surface area (Å²) in [6.07, 6.45) is 0. The molecule has 0 radical (unpaired) electrons. The molecular weight excluding hydrogens is 298 g/mol. The Morgan fingerprint density at radius 1 is 1.50 bits per heavy atom. The summed E-state index contributed by atoms with van der Waals surface area (Å²) >= 11 is 1.70. The SMILES string of the molecule is NS(=O)(=O)c1ccc(I)c(F)n1. The topological polar surface area (TPSA) is 73.1 Å². The zero-order chi connectivity index (χ0) is 9.35. The number of halogens is 2. The first-order chi connectivity index (χ1) is 5.41. The van der Waals surface area contributed by atoms with Gasteiger partial charge in [-0.15, -0.1) is 0 Å². The second-order valence-electron chi connectivity index (χ2n) is 1.97. The summed E-state index contributed by atoms with van der Waals surface area (Å²) in [6.45, 7) is 0. The van der Waals surface area contributed by atoms with E-state index >= 15 is 0 Å². The molecule has 0 saturated carbocycles. The van der Waals surface area contributed by atoms with E-state index in [9.17, 15) is 12.8 Å². The summed E-state index contributed by atoms with van der Waals surface area (Å²) in [5.41, 5.74) is 0. The van der Waals surface area contributed by atoms with Gasteiger partial charge < -0.3 is 0 Å². The molecule has 7 heteroatoms. The fraction of sp³-hybridized carbons (Fsp3) is 0. The summed E-state index contributed by atoms with van der Waals surface area (Å²) < 4.78 is 34.2. The van der Waals surface area contributed by atoms with E-state index in [4.69, 9.17) is 5.14 Å². The van der Waals surface area contributed by atoms with Gasteiger partial charge in [-0.25, -0.2) is 18.5 Å². The summed E-state index contributed by atoms with van der Waals surface area (Å²) in [5, 5.41) is 4.26. The Labute approximate surface area is 82.2 Å². The number of hydrogen-bond donors (Lipinski definition) is 1. The van der Waals surface area contributed by atoms with E-state index in [0.717, 1.165) is 6.07 Å². The van der Waals surface area contributed by atoms with Crippen molar-refractivity contribution >= 4 is 32.6 Å². The van der Waals surface area contributed by atoms with Gasteiger partial charge in [-0.1, -0.05) is 0 Å². The van der Waals surface area contributed by atoms with Crippen molar-refractivity contribution < 1.29 is 12.8 Å². The molecule has 0 spiro atoms. The first kappa shape index (κ1) is 9.81. The Balaban J connectivity index is 3.33. The van der Waals surface area contributed by atoms with Gasteiger partial charge in [-0.2, -0.15) is 4.39 Å². The van der Waals surface area contributed by atoms with Gasteiger partial charge in [0.05, 0.1) is 3.57 Å². The molecule has 1 aromatic heterocycles. The third-order valence-electron chi connectivity index (χ3n) is 1.07. The lowest BCUT2D eigenvalue weighted by Crippen LogP contribution is -2.14. The van der Waals surface area contributed by atoms with E-state index in [-0.39, 0.29) is 3.57 Å². The molecule has 0 unspecified atom stereocenters. The quantitative estimate of drug-likeness (QED) is 0.605. The smallest absolute Gasteiger partial charge is 0.223 e. The summed E-state index contributed by atoms with van der Waals surface area (Å²) in [6, 6.07) is 2.45. The summed E-state index contributed by atoms with van der Waals surface area (Å²) in [5.74, 6) is -0.831. The second kappa shape index (κ2) is 3.23. The molecule has 66 valence electrons. The van der Waals surface area contributed by atoms with Crippen LogP contribution in [0.25, 0.3) is 0 Å². The van der Waals surface area contributed by atoms with Gasteiger partial charge in [0.2, 0.25) is 5.95 Å². The average molecular weight is 302 g/mol. The number of pyridine rings is 1. The third kappa shape index (κ3) is 2.11. The lowest BCUT2D eigenvalue weighted by molar-refractivity contribution is 0.551. The second-order valence-corrected chi connectivity index (χ2v) is 4.64. The van der Waals surface area contributed by atoms with Gasteiger partial charge in [0.1, 0.15) is 0 Å². The first-order valence-corrected chi connectivity index (χ1v) is 5.38. The van der Waals surface area contributed by atoms with Crippen molar-refractivity contribution in [3.8, 4) is 0 Å². The number of nitrogens with two attached hydrogens (primary N) is 1. The molecule has 0 atom stereocenters. The molecule has 0 bridgehead atoms. The van der Waals surface area contributed by atoms with Crippen LogP contribution in [0.15, 0.2) is 17.2 Å². The van der Waals surface area contributed by atoms with E-state index in [1.807, 2.05) is 0 Å². The van der Waals surface area contributed by atoms with Crippen LogP contribution in [0.4, 0.5) is 4.39 Å². The molecule has 1 heterocycles. The van der Waals surface area contributed by atoms with Crippen LogP contribution in [-0.4, -0.2) is 13.4 Å². The van der Waals surface area contributed by atoms with Crippen molar-refractivity contribution in [2.75, 3.05) is 0 Å². The van der Waals surface area contributed by atoms with Gasteiger partial charge in [0, 0.05) is 0 Å². The van der Waals surface area contributed by atoms with Crippen LogP contribution in [0.1, 0.15) is 0 Å². The maximum absolute atomic E-state index is 12.7. The Bertz CT molecular complexity index is 406. The monoisotopic (exact) mass is 302 g/mol. The number of primary sulfonamides is 1. The molecule has 2 N–H and O–H groups in total. The van der Waals surface area contributed by atoms with Crippen LogP contribution in [0.2, 0.25) is 0 Å². The number of hydrogen-bond acceptors (Lipinski definition) is 3. The molecule has 1 rings (SSSR count). The third-order valence-corrected chi connectivity index (χ3v) is 2.68. The molecule has 0 aliphatic heterocycles. The van der Waals surface area contributed by atoms with Crippen LogP contribution in [-0.2, 0) is 10.0 Å². The van der Waals surface area contributed by atoms with Crippen LogP contribution >= 0.6 is 22.6 Å². The summed E-state index contributed by atoms with van der Waals surface area (Å²) in [4.78, 5) is 3.16. The van der Waals surface area contributed by atoms with Crippen LogP contribution < -0.4 is 5.14 Å². The Morgan fingerprint density at radius 2 is 2.08 bits per heavy atom. The number of sulfonamides is 1. The van der Waals surface area contributed by atoms with E-state index in [0.29, 0.717) is 0 Å².